The summed E-state index contributed by atoms with van der Waals surface area (Å²) in [6, 6.07) is 4.01. The van der Waals surface area contributed by atoms with Gasteiger partial charge in [-0.2, -0.15) is 0 Å². The van der Waals surface area contributed by atoms with Crippen LogP contribution in [0.5, 0.6) is 0 Å². The van der Waals surface area contributed by atoms with Crippen molar-refractivity contribution in [2.45, 2.75) is 25.7 Å². The molecule has 1 aromatic carbocycles. The average molecular weight is 310 g/mol. The number of carbonyl (C=O) groups excluding carboxylic acids is 1. The van der Waals surface area contributed by atoms with E-state index in [1.807, 2.05) is 0 Å². The van der Waals surface area contributed by atoms with Gasteiger partial charge in [0.05, 0.1) is 6.54 Å². The van der Waals surface area contributed by atoms with E-state index in [1.165, 1.54) is 18.2 Å². The number of benzene rings is 1. The third-order valence-corrected chi connectivity index (χ3v) is 4.33. The van der Waals surface area contributed by atoms with E-state index in [-0.39, 0.29) is 11.5 Å². The SMILES string of the molecule is CN(C)C(=O)CN1CCC[C@@H](CCc2c(F)cccc2F)C1. The molecule has 1 aliphatic heterocycles. The number of nitrogens with zero attached hydrogens (tertiary/aromatic N) is 2. The molecule has 1 saturated heterocycles. The molecule has 122 valence electrons. The Bertz CT molecular complexity index is 499. The Labute approximate surface area is 130 Å². The number of hydrogen-bond donors (Lipinski definition) is 0. The van der Waals surface area contributed by atoms with Crippen molar-refractivity contribution in [2.75, 3.05) is 33.7 Å². The minimum Gasteiger partial charge on any atom is -0.348 e. The standard InChI is InChI=1S/C17H24F2N2O/c1-20(2)17(22)12-21-10-4-5-13(11-21)8-9-14-15(18)6-3-7-16(14)19/h3,6-7,13H,4-5,8-12H2,1-2H3/t13-/m0/s1. The largest absolute Gasteiger partial charge is 0.348 e. The first-order valence-electron chi connectivity index (χ1n) is 7.82. The fourth-order valence-electron chi connectivity index (χ4n) is 2.98. The molecule has 1 heterocycles. The quantitative estimate of drug-likeness (QED) is 0.835. The molecule has 1 aromatic rings. The lowest BCUT2D eigenvalue weighted by molar-refractivity contribution is -0.130. The number of likely N-dealkylation sites (tertiary alicyclic amines) is 1. The van der Waals surface area contributed by atoms with Crippen molar-refractivity contribution in [1.82, 2.24) is 9.80 Å². The summed E-state index contributed by atoms with van der Waals surface area (Å²) in [4.78, 5) is 15.5. The maximum absolute atomic E-state index is 13.6. The van der Waals surface area contributed by atoms with Crippen LogP contribution in [-0.4, -0.2) is 49.4 Å². The summed E-state index contributed by atoms with van der Waals surface area (Å²) in [5.74, 6) is -0.436. The summed E-state index contributed by atoms with van der Waals surface area (Å²) in [6.07, 6.45) is 3.26. The van der Waals surface area contributed by atoms with Gasteiger partial charge in [-0.3, -0.25) is 9.69 Å². The molecule has 1 amide bonds. The smallest absolute Gasteiger partial charge is 0.236 e. The van der Waals surface area contributed by atoms with Gasteiger partial charge in [0.2, 0.25) is 5.91 Å². The number of piperidine rings is 1. The minimum absolute atomic E-state index is 0.0980. The molecule has 22 heavy (non-hydrogen) atoms. The van der Waals surface area contributed by atoms with Crippen molar-refractivity contribution in [3.8, 4) is 0 Å². The van der Waals surface area contributed by atoms with Crippen LogP contribution < -0.4 is 0 Å². The van der Waals surface area contributed by atoms with Crippen molar-refractivity contribution in [3.63, 3.8) is 0 Å². The van der Waals surface area contributed by atoms with E-state index < -0.39 is 11.6 Å². The number of hydrogen-bond acceptors (Lipinski definition) is 2. The van der Waals surface area contributed by atoms with Gasteiger partial charge >= 0.3 is 0 Å². The summed E-state index contributed by atoms with van der Waals surface area (Å²) in [6.45, 7) is 2.18. The van der Waals surface area contributed by atoms with Gasteiger partial charge in [-0.25, -0.2) is 8.78 Å². The van der Waals surface area contributed by atoms with E-state index in [9.17, 15) is 13.6 Å². The van der Waals surface area contributed by atoms with Gasteiger partial charge in [0.25, 0.3) is 0 Å². The van der Waals surface area contributed by atoms with E-state index in [2.05, 4.69) is 4.90 Å². The summed E-state index contributed by atoms with van der Waals surface area (Å²) in [5.41, 5.74) is 0.184. The van der Waals surface area contributed by atoms with Crippen molar-refractivity contribution in [2.24, 2.45) is 5.92 Å². The molecule has 0 unspecified atom stereocenters. The highest BCUT2D eigenvalue weighted by molar-refractivity contribution is 5.77. The number of amides is 1. The van der Waals surface area contributed by atoms with Crippen LogP contribution in [0.15, 0.2) is 18.2 Å². The lowest BCUT2D eigenvalue weighted by Crippen LogP contribution is -2.42. The van der Waals surface area contributed by atoms with E-state index in [0.717, 1.165) is 32.4 Å². The molecule has 2 rings (SSSR count). The van der Waals surface area contributed by atoms with E-state index in [1.54, 1.807) is 19.0 Å². The van der Waals surface area contributed by atoms with E-state index in [4.69, 9.17) is 0 Å². The summed E-state index contributed by atoms with van der Waals surface area (Å²) >= 11 is 0. The van der Waals surface area contributed by atoms with Gasteiger partial charge in [-0.15, -0.1) is 0 Å². The van der Waals surface area contributed by atoms with Crippen LogP contribution in [0, 0.1) is 17.6 Å². The maximum Gasteiger partial charge on any atom is 0.236 e. The van der Waals surface area contributed by atoms with Crippen LogP contribution in [0.4, 0.5) is 8.78 Å². The highest BCUT2D eigenvalue weighted by Gasteiger charge is 2.22. The molecule has 1 fully saturated rings. The highest BCUT2D eigenvalue weighted by atomic mass is 19.1. The van der Waals surface area contributed by atoms with Crippen LogP contribution >= 0.6 is 0 Å². The predicted molar refractivity (Wildman–Crippen MR) is 82.5 cm³/mol. The zero-order chi connectivity index (χ0) is 16.1. The number of likely N-dealkylation sites (N-methyl/N-ethyl adjacent to an activating group) is 1. The van der Waals surface area contributed by atoms with Crippen molar-refractivity contribution in [3.05, 3.63) is 35.4 Å². The molecule has 0 saturated carbocycles. The minimum atomic E-state index is -0.463. The Morgan fingerprint density at radius 3 is 2.64 bits per heavy atom. The Morgan fingerprint density at radius 1 is 1.32 bits per heavy atom. The molecule has 0 bridgehead atoms. The predicted octanol–water partition coefficient (Wildman–Crippen LogP) is 2.70. The summed E-state index contributed by atoms with van der Waals surface area (Å²) < 4.78 is 27.3. The number of rotatable bonds is 5. The zero-order valence-corrected chi connectivity index (χ0v) is 13.3. The second kappa shape index (κ2) is 7.68. The molecule has 1 atom stereocenters. The molecule has 0 spiro atoms. The third-order valence-electron chi connectivity index (χ3n) is 4.33. The average Bonchev–Trinajstić information content (AvgIpc) is 2.47. The first kappa shape index (κ1) is 16.9. The Kier molecular flexibility index (Phi) is 5.89. The molecular formula is C17H24F2N2O. The topological polar surface area (TPSA) is 23.6 Å². The van der Waals surface area contributed by atoms with Gasteiger partial charge in [-0.05, 0) is 50.3 Å². The lowest BCUT2D eigenvalue weighted by atomic mass is 9.91. The van der Waals surface area contributed by atoms with Crippen molar-refractivity contribution in [1.29, 1.82) is 0 Å². The van der Waals surface area contributed by atoms with Crippen LogP contribution in [-0.2, 0) is 11.2 Å². The van der Waals surface area contributed by atoms with E-state index >= 15 is 0 Å². The van der Waals surface area contributed by atoms with Crippen LogP contribution in [0.3, 0.4) is 0 Å². The van der Waals surface area contributed by atoms with Crippen LogP contribution in [0.2, 0.25) is 0 Å². The van der Waals surface area contributed by atoms with Gasteiger partial charge in [0, 0.05) is 26.2 Å². The molecule has 0 radical (unpaired) electrons. The first-order valence-corrected chi connectivity index (χ1v) is 7.82. The van der Waals surface area contributed by atoms with Crippen molar-refractivity contribution < 1.29 is 13.6 Å². The lowest BCUT2D eigenvalue weighted by Gasteiger charge is -2.33. The molecule has 1 aliphatic rings. The van der Waals surface area contributed by atoms with Crippen molar-refractivity contribution >= 4 is 5.91 Å². The van der Waals surface area contributed by atoms with Crippen LogP contribution in [0.25, 0.3) is 0 Å². The van der Waals surface area contributed by atoms with Gasteiger partial charge in [0.15, 0.2) is 0 Å². The summed E-state index contributed by atoms with van der Waals surface area (Å²) in [5, 5.41) is 0. The molecule has 5 heteroatoms. The van der Waals surface area contributed by atoms with Gasteiger partial charge in [0.1, 0.15) is 11.6 Å². The Balaban J connectivity index is 1.87. The fourth-order valence-corrected chi connectivity index (χ4v) is 2.98. The highest BCUT2D eigenvalue weighted by Crippen LogP contribution is 2.23. The maximum atomic E-state index is 13.6. The van der Waals surface area contributed by atoms with E-state index in [0.29, 0.717) is 18.9 Å². The molecule has 0 aliphatic carbocycles. The Hall–Kier alpha value is -1.49. The van der Waals surface area contributed by atoms with Gasteiger partial charge < -0.3 is 4.90 Å². The molecule has 3 nitrogen and oxygen atoms in total. The number of halogens is 2. The van der Waals surface area contributed by atoms with Crippen LogP contribution in [0.1, 0.15) is 24.8 Å². The number of carbonyl (C=O) groups is 1. The third kappa shape index (κ3) is 4.50. The Morgan fingerprint density at radius 2 is 2.00 bits per heavy atom. The first-order chi connectivity index (χ1) is 10.5. The monoisotopic (exact) mass is 310 g/mol. The molecular weight excluding hydrogens is 286 g/mol. The van der Waals surface area contributed by atoms with Gasteiger partial charge in [-0.1, -0.05) is 6.07 Å². The second-order valence-corrected chi connectivity index (χ2v) is 6.27. The molecule has 0 aromatic heterocycles. The zero-order valence-electron chi connectivity index (χ0n) is 13.3. The molecule has 0 N–H and O–H groups in total. The fraction of sp³-hybridized carbons (Fsp3) is 0.588. The second-order valence-electron chi connectivity index (χ2n) is 6.27. The summed E-state index contributed by atoms with van der Waals surface area (Å²) in [7, 11) is 3.51. The normalized spacial score (nSPS) is 19.2.